The molecular weight excluding hydrogens is 206 g/mol. The van der Waals surface area contributed by atoms with Gasteiger partial charge in [-0.05, 0) is 12.8 Å². The van der Waals surface area contributed by atoms with Gasteiger partial charge >= 0.3 is 5.97 Å². The van der Waals surface area contributed by atoms with Crippen LogP contribution in [0, 0.1) is 17.8 Å². The van der Waals surface area contributed by atoms with Crippen LogP contribution >= 0.6 is 0 Å². The van der Waals surface area contributed by atoms with Crippen molar-refractivity contribution < 1.29 is 14.7 Å². The van der Waals surface area contributed by atoms with Crippen LogP contribution in [0.5, 0.6) is 0 Å². The highest BCUT2D eigenvalue weighted by molar-refractivity contribution is 5.79. The lowest BCUT2D eigenvalue weighted by atomic mass is 9.96. The van der Waals surface area contributed by atoms with E-state index in [0.717, 1.165) is 0 Å². The van der Waals surface area contributed by atoms with Crippen molar-refractivity contribution in [1.29, 1.82) is 0 Å². The third-order valence-corrected chi connectivity index (χ3v) is 3.00. The quantitative estimate of drug-likeness (QED) is 0.756. The van der Waals surface area contributed by atoms with E-state index in [1.807, 2.05) is 27.7 Å². The Balaban J connectivity index is 4.50. The van der Waals surface area contributed by atoms with Gasteiger partial charge in [0.15, 0.2) is 0 Å². The summed E-state index contributed by atoms with van der Waals surface area (Å²) in [7, 11) is 0. The number of carboxylic acid groups (broad SMARTS) is 1. The maximum atomic E-state index is 12.0. The van der Waals surface area contributed by atoms with Crippen LogP contribution in [0.15, 0.2) is 0 Å². The zero-order valence-electron chi connectivity index (χ0n) is 10.9. The van der Waals surface area contributed by atoms with Crippen molar-refractivity contribution in [1.82, 2.24) is 4.90 Å². The van der Waals surface area contributed by atoms with Crippen molar-refractivity contribution in [2.75, 3.05) is 13.1 Å². The SMILES string of the molecule is CCN(CC(C)C(=O)O)C(=O)C(C)C(C)C. The average molecular weight is 229 g/mol. The Hall–Kier alpha value is -1.06. The Morgan fingerprint density at radius 3 is 2.00 bits per heavy atom. The molecule has 2 unspecified atom stereocenters. The molecule has 0 fully saturated rings. The first-order chi connectivity index (χ1) is 7.31. The van der Waals surface area contributed by atoms with Crippen molar-refractivity contribution in [2.45, 2.75) is 34.6 Å². The largest absolute Gasteiger partial charge is 0.481 e. The van der Waals surface area contributed by atoms with Gasteiger partial charge in [0, 0.05) is 19.0 Å². The second-order valence-electron chi connectivity index (χ2n) is 4.65. The fraction of sp³-hybridized carbons (Fsp3) is 0.833. The van der Waals surface area contributed by atoms with Gasteiger partial charge in [-0.2, -0.15) is 0 Å². The Morgan fingerprint density at radius 2 is 1.69 bits per heavy atom. The first kappa shape index (κ1) is 14.9. The second-order valence-corrected chi connectivity index (χ2v) is 4.65. The zero-order chi connectivity index (χ0) is 12.9. The molecule has 0 heterocycles. The number of carboxylic acids is 1. The van der Waals surface area contributed by atoms with Crippen LogP contribution in [0.2, 0.25) is 0 Å². The molecule has 0 aliphatic carbocycles. The lowest BCUT2D eigenvalue weighted by molar-refractivity contribution is -0.144. The summed E-state index contributed by atoms with van der Waals surface area (Å²) in [6.07, 6.45) is 0. The van der Waals surface area contributed by atoms with Crippen LogP contribution < -0.4 is 0 Å². The fourth-order valence-corrected chi connectivity index (χ4v) is 1.36. The van der Waals surface area contributed by atoms with Crippen molar-refractivity contribution in [3.63, 3.8) is 0 Å². The summed E-state index contributed by atoms with van der Waals surface area (Å²) >= 11 is 0. The van der Waals surface area contributed by atoms with Gasteiger partial charge in [-0.15, -0.1) is 0 Å². The summed E-state index contributed by atoms with van der Waals surface area (Å²) in [5.74, 6) is -1.10. The Bertz CT molecular complexity index is 251. The van der Waals surface area contributed by atoms with Crippen molar-refractivity contribution in [3.8, 4) is 0 Å². The molecule has 0 aromatic carbocycles. The summed E-state index contributed by atoms with van der Waals surface area (Å²) < 4.78 is 0. The molecule has 0 aliphatic rings. The molecule has 1 amide bonds. The molecule has 0 saturated heterocycles. The Morgan fingerprint density at radius 1 is 1.19 bits per heavy atom. The van der Waals surface area contributed by atoms with Crippen LogP contribution in [0.25, 0.3) is 0 Å². The average Bonchev–Trinajstić information content (AvgIpc) is 2.22. The molecule has 0 spiro atoms. The molecule has 0 rings (SSSR count). The van der Waals surface area contributed by atoms with Gasteiger partial charge < -0.3 is 10.0 Å². The molecule has 0 aromatic heterocycles. The molecule has 0 bridgehead atoms. The van der Waals surface area contributed by atoms with E-state index >= 15 is 0 Å². The first-order valence-corrected chi connectivity index (χ1v) is 5.82. The molecule has 0 radical (unpaired) electrons. The number of rotatable bonds is 6. The first-order valence-electron chi connectivity index (χ1n) is 5.82. The van der Waals surface area contributed by atoms with Gasteiger partial charge in [-0.1, -0.05) is 27.7 Å². The van der Waals surface area contributed by atoms with Crippen LogP contribution in [0.3, 0.4) is 0 Å². The molecule has 94 valence electrons. The number of nitrogens with zero attached hydrogens (tertiary/aromatic N) is 1. The standard InChI is InChI=1S/C12H23NO3/c1-6-13(7-9(4)12(15)16)11(14)10(5)8(2)3/h8-10H,6-7H2,1-5H3,(H,15,16). The molecular formula is C12H23NO3. The molecule has 0 saturated carbocycles. The topological polar surface area (TPSA) is 57.6 Å². The summed E-state index contributed by atoms with van der Waals surface area (Å²) in [6, 6.07) is 0. The Labute approximate surface area is 97.6 Å². The van der Waals surface area contributed by atoms with E-state index < -0.39 is 11.9 Å². The van der Waals surface area contributed by atoms with Crippen LogP contribution in [-0.2, 0) is 9.59 Å². The number of hydrogen-bond donors (Lipinski definition) is 1. The van der Waals surface area contributed by atoms with E-state index in [0.29, 0.717) is 13.1 Å². The van der Waals surface area contributed by atoms with Gasteiger partial charge in [0.05, 0.1) is 5.92 Å². The van der Waals surface area contributed by atoms with E-state index in [-0.39, 0.29) is 17.7 Å². The number of aliphatic carboxylic acids is 1. The van der Waals surface area contributed by atoms with Gasteiger partial charge in [0.1, 0.15) is 0 Å². The van der Waals surface area contributed by atoms with Gasteiger partial charge in [-0.3, -0.25) is 9.59 Å². The third-order valence-electron chi connectivity index (χ3n) is 3.00. The number of hydrogen-bond acceptors (Lipinski definition) is 2. The summed E-state index contributed by atoms with van der Waals surface area (Å²) in [5, 5.41) is 8.82. The molecule has 4 nitrogen and oxygen atoms in total. The monoisotopic (exact) mass is 229 g/mol. The maximum Gasteiger partial charge on any atom is 0.308 e. The third kappa shape index (κ3) is 4.21. The summed E-state index contributed by atoms with van der Waals surface area (Å²) in [4.78, 5) is 24.4. The normalized spacial score (nSPS) is 14.6. The lowest BCUT2D eigenvalue weighted by Crippen LogP contribution is -2.40. The highest BCUT2D eigenvalue weighted by Crippen LogP contribution is 2.14. The number of carbonyl (C=O) groups is 2. The van der Waals surface area contributed by atoms with Crippen molar-refractivity contribution in [2.24, 2.45) is 17.8 Å². The molecule has 2 atom stereocenters. The van der Waals surface area contributed by atoms with E-state index in [9.17, 15) is 9.59 Å². The van der Waals surface area contributed by atoms with Crippen LogP contribution in [0.4, 0.5) is 0 Å². The van der Waals surface area contributed by atoms with E-state index in [1.54, 1.807) is 11.8 Å². The molecule has 1 N–H and O–H groups in total. The molecule has 4 heteroatoms. The highest BCUT2D eigenvalue weighted by Gasteiger charge is 2.24. The molecule has 0 aliphatic heterocycles. The maximum absolute atomic E-state index is 12.0. The lowest BCUT2D eigenvalue weighted by Gasteiger charge is -2.27. The van der Waals surface area contributed by atoms with E-state index in [1.165, 1.54) is 0 Å². The highest BCUT2D eigenvalue weighted by atomic mass is 16.4. The van der Waals surface area contributed by atoms with Gasteiger partial charge in [0.25, 0.3) is 0 Å². The number of amides is 1. The van der Waals surface area contributed by atoms with E-state index in [2.05, 4.69) is 0 Å². The van der Waals surface area contributed by atoms with Crippen LogP contribution in [-0.4, -0.2) is 35.0 Å². The minimum Gasteiger partial charge on any atom is -0.481 e. The summed E-state index contributed by atoms with van der Waals surface area (Å²) in [6.45, 7) is 10.2. The van der Waals surface area contributed by atoms with Crippen molar-refractivity contribution >= 4 is 11.9 Å². The minimum atomic E-state index is -0.858. The van der Waals surface area contributed by atoms with E-state index in [4.69, 9.17) is 5.11 Å². The predicted octanol–water partition coefficient (Wildman–Crippen LogP) is 1.85. The minimum absolute atomic E-state index is 0.0469. The second kappa shape index (κ2) is 6.51. The zero-order valence-corrected chi connectivity index (χ0v) is 10.9. The summed E-state index contributed by atoms with van der Waals surface area (Å²) in [5.41, 5.74) is 0. The predicted molar refractivity (Wildman–Crippen MR) is 63.1 cm³/mol. The van der Waals surface area contributed by atoms with Crippen molar-refractivity contribution in [3.05, 3.63) is 0 Å². The van der Waals surface area contributed by atoms with Gasteiger partial charge in [0.2, 0.25) is 5.91 Å². The smallest absolute Gasteiger partial charge is 0.308 e. The van der Waals surface area contributed by atoms with Crippen LogP contribution in [0.1, 0.15) is 34.6 Å². The number of carbonyl (C=O) groups excluding carboxylic acids is 1. The molecule has 0 aromatic rings. The van der Waals surface area contributed by atoms with Gasteiger partial charge in [-0.25, -0.2) is 0 Å². The Kier molecular flexibility index (Phi) is 6.08. The molecule has 16 heavy (non-hydrogen) atoms. The fourth-order valence-electron chi connectivity index (χ4n) is 1.36.